The van der Waals surface area contributed by atoms with Crippen LogP contribution in [-0.4, -0.2) is 21.6 Å². The second kappa shape index (κ2) is 12.8. The van der Waals surface area contributed by atoms with Crippen molar-refractivity contribution in [3.8, 4) is 0 Å². The molecule has 0 aliphatic heterocycles. The SMILES string of the molecule is Cc1ccc(COCCN[C@@H](c2ccccc2)[C@@H](NS(=O)(=O)c2ccc(C)cc2)c2ccccc2)cc1. The van der Waals surface area contributed by atoms with E-state index in [1.165, 1.54) is 5.56 Å². The van der Waals surface area contributed by atoms with Gasteiger partial charge < -0.3 is 10.1 Å². The molecule has 5 nitrogen and oxygen atoms in total. The maximum atomic E-state index is 13.5. The van der Waals surface area contributed by atoms with Crippen molar-refractivity contribution in [1.82, 2.24) is 10.0 Å². The third-order valence-corrected chi connectivity index (χ3v) is 7.72. The van der Waals surface area contributed by atoms with Crippen LogP contribution in [0.1, 0.15) is 39.9 Å². The van der Waals surface area contributed by atoms with Gasteiger partial charge in [-0.3, -0.25) is 0 Å². The Morgan fingerprint density at radius 1 is 0.676 bits per heavy atom. The lowest BCUT2D eigenvalue weighted by atomic mass is 9.94. The van der Waals surface area contributed by atoms with Gasteiger partial charge in [-0.15, -0.1) is 0 Å². The summed E-state index contributed by atoms with van der Waals surface area (Å²) < 4.78 is 35.8. The fraction of sp³-hybridized carbons (Fsp3) is 0.226. The molecule has 6 heteroatoms. The standard InChI is InChI=1S/C31H34N2O3S/c1-24-13-17-26(18-14-24)23-36-22-21-32-30(27-9-5-3-6-10-27)31(28-11-7-4-8-12-28)33-37(34,35)29-19-15-25(2)16-20-29/h3-20,30-33H,21-23H2,1-2H3/t30-,31-/m0/s1. The molecule has 0 saturated carbocycles. The third kappa shape index (κ3) is 7.60. The van der Waals surface area contributed by atoms with Crippen molar-refractivity contribution in [3.63, 3.8) is 0 Å². The summed E-state index contributed by atoms with van der Waals surface area (Å²) in [5.41, 5.74) is 5.21. The Balaban J connectivity index is 1.55. The molecule has 0 unspecified atom stereocenters. The summed E-state index contributed by atoms with van der Waals surface area (Å²) >= 11 is 0. The van der Waals surface area contributed by atoms with Crippen molar-refractivity contribution in [1.29, 1.82) is 0 Å². The highest BCUT2D eigenvalue weighted by Crippen LogP contribution is 2.30. The van der Waals surface area contributed by atoms with Gasteiger partial charge in [0.25, 0.3) is 0 Å². The molecule has 0 aromatic heterocycles. The average Bonchev–Trinajstić information content (AvgIpc) is 2.92. The van der Waals surface area contributed by atoms with Crippen molar-refractivity contribution in [2.45, 2.75) is 37.4 Å². The van der Waals surface area contributed by atoms with E-state index in [1.807, 2.05) is 79.7 Å². The summed E-state index contributed by atoms with van der Waals surface area (Å²) in [5, 5.41) is 3.56. The molecule has 4 aromatic rings. The molecule has 37 heavy (non-hydrogen) atoms. The van der Waals surface area contributed by atoms with Crippen LogP contribution in [-0.2, 0) is 21.4 Å². The molecule has 0 radical (unpaired) electrons. The average molecular weight is 515 g/mol. The van der Waals surface area contributed by atoms with Crippen LogP contribution in [0.3, 0.4) is 0 Å². The van der Waals surface area contributed by atoms with Crippen LogP contribution in [0.2, 0.25) is 0 Å². The highest BCUT2D eigenvalue weighted by atomic mass is 32.2. The molecule has 0 saturated heterocycles. The summed E-state index contributed by atoms with van der Waals surface area (Å²) in [6, 6.07) is 34.0. The Morgan fingerprint density at radius 2 is 1.19 bits per heavy atom. The van der Waals surface area contributed by atoms with Crippen molar-refractivity contribution in [3.05, 3.63) is 137 Å². The van der Waals surface area contributed by atoms with E-state index in [9.17, 15) is 8.42 Å². The molecule has 2 atom stereocenters. The minimum Gasteiger partial charge on any atom is -0.375 e. The van der Waals surface area contributed by atoms with Crippen LogP contribution in [0.15, 0.2) is 114 Å². The summed E-state index contributed by atoms with van der Waals surface area (Å²) in [7, 11) is -3.77. The lowest BCUT2D eigenvalue weighted by Gasteiger charge is -2.30. The topological polar surface area (TPSA) is 67.4 Å². The number of rotatable bonds is 12. The first kappa shape index (κ1) is 26.8. The first-order chi connectivity index (χ1) is 17.9. The second-order valence-electron chi connectivity index (χ2n) is 9.20. The molecule has 0 fully saturated rings. The van der Waals surface area contributed by atoms with Gasteiger partial charge in [-0.2, -0.15) is 0 Å². The molecule has 0 aliphatic carbocycles. The Hall–Kier alpha value is -3.29. The molecule has 4 aromatic carbocycles. The van der Waals surface area contributed by atoms with Gasteiger partial charge in [0, 0.05) is 6.54 Å². The zero-order valence-electron chi connectivity index (χ0n) is 21.3. The lowest BCUT2D eigenvalue weighted by molar-refractivity contribution is 0.119. The van der Waals surface area contributed by atoms with Gasteiger partial charge in [0.2, 0.25) is 10.0 Å². The van der Waals surface area contributed by atoms with Gasteiger partial charge in [0.15, 0.2) is 0 Å². The van der Waals surface area contributed by atoms with Crippen molar-refractivity contribution >= 4 is 10.0 Å². The van der Waals surface area contributed by atoms with Gasteiger partial charge in [-0.1, -0.05) is 108 Å². The van der Waals surface area contributed by atoms with Crippen LogP contribution >= 0.6 is 0 Å². The van der Waals surface area contributed by atoms with E-state index in [0.29, 0.717) is 19.8 Å². The Kier molecular flexibility index (Phi) is 9.25. The molecule has 4 rings (SSSR count). The smallest absolute Gasteiger partial charge is 0.241 e. The number of hydrogen-bond donors (Lipinski definition) is 2. The van der Waals surface area contributed by atoms with Crippen LogP contribution in [0.5, 0.6) is 0 Å². The minimum atomic E-state index is -3.77. The molecular formula is C31H34N2O3S. The van der Waals surface area contributed by atoms with E-state index in [1.54, 1.807) is 12.1 Å². The van der Waals surface area contributed by atoms with Crippen LogP contribution in [0, 0.1) is 13.8 Å². The summed E-state index contributed by atoms with van der Waals surface area (Å²) in [6.45, 7) is 5.58. The maximum absolute atomic E-state index is 13.5. The van der Waals surface area contributed by atoms with Crippen LogP contribution < -0.4 is 10.0 Å². The molecular weight excluding hydrogens is 480 g/mol. The zero-order chi connectivity index (χ0) is 26.1. The second-order valence-corrected chi connectivity index (χ2v) is 10.9. The largest absolute Gasteiger partial charge is 0.375 e. The number of hydrogen-bond acceptors (Lipinski definition) is 4. The van der Waals surface area contributed by atoms with E-state index in [2.05, 4.69) is 41.2 Å². The predicted octanol–water partition coefficient (Wildman–Crippen LogP) is 5.87. The number of aryl methyl sites for hydroxylation is 2. The van der Waals surface area contributed by atoms with E-state index < -0.39 is 16.1 Å². The quantitative estimate of drug-likeness (QED) is 0.232. The minimum absolute atomic E-state index is 0.243. The Labute approximate surface area is 220 Å². The van der Waals surface area contributed by atoms with Crippen molar-refractivity contribution in [2.24, 2.45) is 0 Å². The zero-order valence-corrected chi connectivity index (χ0v) is 22.1. The summed E-state index contributed by atoms with van der Waals surface area (Å²) in [5.74, 6) is 0. The Bertz CT molecular complexity index is 1340. The monoisotopic (exact) mass is 514 g/mol. The molecule has 0 spiro atoms. The summed E-state index contributed by atoms with van der Waals surface area (Å²) in [6.07, 6.45) is 0. The maximum Gasteiger partial charge on any atom is 0.241 e. The predicted molar refractivity (Wildman–Crippen MR) is 149 cm³/mol. The molecule has 2 N–H and O–H groups in total. The van der Waals surface area contributed by atoms with E-state index in [0.717, 1.165) is 22.3 Å². The molecule has 192 valence electrons. The molecule has 0 bridgehead atoms. The van der Waals surface area contributed by atoms with Crippen LogP contribution in [0.25, 0.3) is 0 Å². The van der Waals surface area contributed by atoms with Crippen molar-refractivity contribution < 1.29 is 13.2 Å². The van der Waals surface area contributed by atoms with Gasteiger partial charge in [0.1, 0.15) is 0 Å². The van der Waals surface area contributed by atoms with Crippen molar-refractivity contribution in [2.75, 3.05) is 13.2 Å². The van der Waals surface area contributed by atoms with E-state index in [4.69, 9.17) is 4.74 Å². The van der Waals surface area contributed by atoms with Gasteiger partial charge >= 0.3 is 0 Å². The Morgan fingerprint density at radius 3 is 1.76 bits per heavy atom. The molecule has 0 amide bonds. The number of nitrogens with one attached hydrogen (secondary N) is 2. The van der Waals surface area contributed by atoms with Gasteiger partial charge in [0.05, 0.1) is 30.2 Å². The van der Waals surface area contributed by atoms with E-state index >= 15 is 0 Å². The molecule has 0 aliphatic rings. The molecule has 0 heterocycles. The normalized spacial score (nSPS) is 13.2. The van der Waals surface area contributed by atoms with Gasteiger partial charge in [-0.25, -0.2) is 13.1 Å². The van der Waals surface area contributed by atoms with Crippen LogP contribution in [0.4, 0.5) is 0 Å². The third-order valence-electron chi connectivity index (χ3n) is 6.26. The highest BCUT2D eigenvalue weighted by Gasteiger charge is 2.29. The lowest BCUT2D eigenvalue weighted by Crippen LogP contribution is -2.39. The fourth-order valence-corrected chi connectivity index (χ4v) is 5.43. The van der Waals surface area contributed by atoms with Gasteiger partial charge in [-0.05, 0) is 42.7 Å². The first-order valence-corrected chi connectivity index (χ1v) is 14.0. The van der Waals surface area contributed by atoms with E-state index in [-0.39, 0.29) is 10.9 Å². The summed E-state index contributed by atoms with van der Waals surface area (Å²) in [4.78, 5) is 0.243. The first-order valence-electron chi connectivity index (χ1n) is 12.5. The fourth-order valence-electron chi connectivity index (χ4n) is 4.19. The number of sulfonamides is 1. The number of ether oxygens (including phenoxy) is 1. The number of benzene rings is 4. The highest BCUT2D eigenvalue weighted by molar-refractivity contribution is 7.89.